The van der Waals surface area contributed by atoms with Crippen LogP contribution in [0.3, 0.4) is 0 Å². The topological polar surface area (TPSA) is 80.6 Å². The SMILES string of the molecule is COc1ccc(/C=C(\C#N)C(=O)Nc2ccc(OCc3ccccc3)cc2)c(OCc2c(C)ccc3ccccc23)c1. The van der Waals surface area contributed by atoms with Crippen molar-refractivity contribution < 1.29 is 19.0 Å². The number of aryl methyl sites for hydroxylation is 1. The van der Waals surface area contributed by atoms with Crippen LogP contribution in [0.25, 0.3) is 16.8 Å². The van der Waals surface area contributed by atoms with E-state index in [-0.39, 0.29) is 5.57 Å². The lowest BCUT2D eigenvalue weighted by atomic mass is 10.0. The van der Waals surface area contributed by atoms with E-state index in [4.69, 9.17) is 14.2 Å². The zero-order valence-corrected chi connectivity index (χ0v) is 23.5. The number of hydrogen-bond acceptors (Lipinski definition) is 5. The molecule has 5 aromatic carbocycles. The molecule has 208 valence electrons. The monoisotopic (exact) mass is 554 g/mol. The molecule has 5 rings (SSSR count). The molecule has 1 N–H and O–H groups in total. The first-order valence-corrected chi connectivity index (χ1v) is 13.5. The first-order valence-electron chi connectivity index (χ1n) is 13.5. The van der Waals surface area contributed by atoms with E-state index >= 15 is 0 Å². The largest absolute Gasteiger partial charge is 0.497 e. The average Bonchev–Trinajstić information content (AvgIpc) is 3.03. The summed E-state index contributed by atoms with van der Waals surface area (Å²) < 4.78 is 17.5. The van der Waals surface area contributed by atoms with E-state index in [2.05, 4.69) is 36.5 Å². The molecule has 42 heavy (non-hydrogen) atoms. The van der Waals surface area contributed by atoms with Crippen LogP contribution in [-0.2, 0) is 18.0 Å². The molecular weight excluding hydrogens is 524 g/mol. The van der Waals surface area contributed by atoms with Gasteiger partial charge in [0, 0.05) is 22.9 Å². The summed E-state index contributed by atoms with van der Waals surface area (Å²) >= 11 is 0. The summed E-state index contributed by atoms with van der Waals surface area (Å²) in [4.78, 5) is 13.0. The number of nitrogens with zero attached hydrogens (tertiary/aromatic N) is 1. The second-order valence-corrected chi connectivity index (χ2v) is 9.70. The van der Waals surface area contributed by atoms with Crippen LogP contribution in [0.1, 0.15) is 22.3 Å². The molecule has 1 amide bonds. The van der Waals surface area contributed by atoms with Crippen LogP contribution < -0.4 is 19.5 Å². The summed E-state index contributed by atoms with van der Waals surface area (Å²) in [5.74, 6) is 1.26. The van der Waals surface area contributed by atoms with Crippen molar-refractivity contribution in [3.05, 3.63) is 137 Å². The van der Waals surface area contributed by atoms with E-state index < -0.39 is 5.91 Å². The maximum atomic E-state index is 13.0. The minimum atomic E-state index is -0.526. The molecule has 0 aliphatic carbocycles. The Morgan fingerprint density at radius 1 is 0.833 bits per heavy atom. The van der Waals surface area contributed by atoms with Crippen molar-refractivity contribution in [2.75, 3.05) is 12.4 Å². The van der Waals surface area contributed by atoms with Gasteiger partial charge in [-0.15, -0.1) is 0 Å². The number of carbonyl (C=O) groups is 1. The van der Waals surface area contributed by atoms with Crippen molar-refractivity contribution in [1.29, 1.82) is 5.26 Å². The molecule has 0 aliphatic rings. The molecule has 0 fully saturated rings. The van der Waals surface area contributed by atoms with Crippen molar-refractivity contribution in [2.24, 2.45) is 0 Å². The highest BCUT2D eigenvalue weighted by atomic mass is 16.5. The fourth-order valence-corrected chi connectivity index (χ4v) is 4.55. The number of nitrogens with one attached hydrogen (secondary N) is 1. The quantitative estimate of drug-likeness (QED) is 0.140. The van der Waals surface area contributed by atoms with Gasteiger partial charge in [0.1, 0.15) is 42.1 Å². The van der Waals surface area contributed by atoms with Crippen LogP contribution in [0.15, 0.2) is 115 Å². The Labute approximate surface area is 245 Å². The van der Waals surface area contributed by atoms with Gasteiger partial charge in [-0.05, 0) is 71.3 Å². The molecule has 0 saturated carbocycles. The van der Waals surface area contributed by atoms with Gasteiger partial charge in [0.05, 0.1) is 7.11 Å². The average molecular weight is 555 g/mol. The molecule has 0 saturated heterocycles. The molecule has 6 heteroatoms. The van der Waals surface area contributed by atoms with Crippen LogP contribution in [0, 0.1) is 18.3 Å². The zero-order chi connectivity index (χ0) is 29.3. The van der Waals surface area contributed by atoms with Gasteiger partial charge in [0.2, 0.25) is 0 Å². The number of amides is 1. The Kier molecular flexibility index (Phi) is 8.81. The van der Waals surface area contributed by atoms with Crippen LogP contribution in [0.5, 0.6) is 17.2 Å². The standard InChI is InChI=1S/C36H30N2O4/c1-25-12-13-27-10-6-7-11-33(27)34(25)24-42-35-21-32(40-2)17-14-28(35)20-29(22-37)36(39)38-30-15-18-31(19-16-30)41-23-26-8-4-3-5-9-26/h3-21H,23-24H2,1-2H3,(H,38,39)/b29-20+. The van der Waals surface area contributed by atoms with Crippen molar-refractivity contribution in [2.45, 2.75) is 20.1 Å². The van der Waals surface area contributed by atoms with Crippen LogP contribution in [0.4, 0.5) is 5.69 Å². The van der Waals surface area contributed by atoms with Crippen molar-refractivity contribution in [3.8, 4) is 23.3 Å². The third-order valence-electron chi connectivity index (χ3n) is 6.89. The minimum absolute atomic E-state index is 0.0595. The summed E-state index contributed by atoms with van der Waals surface area (Å²) in [7, 11) is 1.58. The number of rotatable bonds is 10. The number of hydrogen-bond donors (Lipinski definition) is 1. The van der Waals surface area contributed by atoms with Crippen LogP contribution >= 0.6 is 0 Å². The molecule has 5 aromatic rings. The molecule has 0 atom stereocenters. The van der Waals surface area contributed by atoms with Crippen molar-refractivity contribution >= 4 is 28.4 Å². The molecule has 0 unspecified atom stereocenters. The van der Waals surface area contributed by atoms with Gasteiger partial charge >= 0.3 is 0 Å². The lowest BCUT2D eigenvalue weighted by molar-refractivity contribution is -0.112. The number of methoxy groups -OCH3 is 1. The predicted octanol–water partition coefficient (Wildman–Crippen LogP) is 7.86. The van der Waals surface area contributed by atoms with E-state index in [0.717, 1.165) is 27.5 Å². The maximum absolute atomic E-state index is 13.0. The normalized spacial score (nSPS) is 11.0. The molecule has 0 spiro atoms. The number of anilines is 1. The highest BCUT2D eigenvalue weighted by molar-refractivity contribution is 6.09. The first kappa shape index (κ1) is 28.0. The molecular formula is C36H30N2O4. The van der Waals surface area contributed by atoms with Gasteiger partial charge in [-0.2, -0.15) is 5.26 Å². The third-order valence-corrected chi connectivity index (χ3v) is 6.89. The molecule has 6 nitrogen and oxygen atoms in total. The molecule has 0 aliphatic heterocycles. The van der Waals surface area contributed by atoms with E-state index in [9.17, 15) is 10.1 Å². The van der Waals surface area contributed by atoms with Crippen molar-refractivity contribution in [1.82, 2.24) is 0 Å². The summed E-state index contributed by atoms with van der Waals surface area (Å²) in [5.41, 5.74) is 4.32. The van der Waals surface area contributed by atoms with Gasteiger partial charge in [-0.25, -0.2) is 0 Å². The maximum Gasteiger partial charge on any atom is 0.266 e. The predicted molar refractivity (Wildman–Crippen MR) is 165 cm³/mol. The summed E-state index contributed by atoms with van der Waals surface area (Å²) in [6.07, 6.45) is 1.53. The summed E-state index contributed by atoms with van der Waals surface area (Å²) in [5, 5.41) is 14.9. The smallest absolute Gasteiger partial charge is 0.266 e. The van der Waals surface area contributed by atoms with E-state index in [1.807, 2.05) is 48.5 Å². The Bertz CT molecular complexity index is 1770. The second kappa shape index (κ2) is 13.2. The van der Waals surface area contributed by atoms with E-state index in [1.165, 1.54) is 6.08 Å². The third kappa shape index (κ3) is 6.78. The van der Waals surface area contributed by atoms with E-state index in [1.54, 1.807) is 49.6 Å². The van der Waals surface area contributed by atoms with Gasteiger partial charge < -0.3 is 19.5 Å². The number of nitriles is 1. The molecule has 0 bridgehead atoms. The van der Waals surface area contributed by atoms with Gasteiger partial charge in [0.15, 0.2) is 0 Å². The number of ether oxygens (including phenoxy) is 3. The van der Waals surface area contributed by atoms with Crippen molar-refractivity contribution in [3.63, 3.8) is 0 Å². The lowest BCUT2D eigenvalue weighted by Gasteiger charge is -2.15. The van der Waals surface area contributed by atoms with Gasteiger partial charge in [0.25, 0.3) is 5.91 Å². The van der Waals surface area contributed by atoms with Crippen LogP contribution in [0.2, 0.25) is 0 Å². The summed E-state index contributed by atoms with van der Waals surface area (Å²) in [6, 6.07) is 36.6. The molecule has 0 aromatic heterocycles. The number of carbonyl (C=O) groups excluding carboxylic acids is 1. The van der Waals surface area contributed by atoms with Gasteiger partial charge in [-0.1, -0.05) is 66.7 Å². The number of fused-ring (bicyclic) bond motifs is 1. The molecule has 0 heterocycles. The summed E-state index contributed by atoms with van der Waals surface area (Å²) in [6.45, 7) is 2.81. The Morgan fingerprint density at radius 2 is 1.57 bits per heavy atom. The Hall–Kier alpha value is -5.54. The van der Waals surface area contributed by atoms with Gasteiger partial charge in [-0.3, -0.25) is 4.79 Å². The highest BCUT2D eigenvalue weighted by Crippen LogP contribution is 2.30. The highest BCUT2D eigenvalue weighted by Gasteiger charge is 2.14. The second-order valence-electron chi connectivity index (χ2n) is 9.70. The molecule has 0 radical (unpaired) electrons. The Morgan fingerprint density at radius 3 is 2.33 bits per heavy atom. The Balaban J connectivity index is 1.31. The minimum Gasteiger partial charge on any atom is -0.497 e. The lowest BCUT2D eigenvalue weighted by Crippen LogP contribution is -2.13. The van der Waals surface area contributed by atoms with E-state index in [0.29, 0.717) is 41.7 Å². The zero-order valence-electron chi connectivity index (χ0n) is 23.5. The fourth-order valence-electron chi connectivity index (χ4n) is 4.55. The van der Waals surface area contributed by atoms with Crippen LogP contribution in [-0.4, -0.2) is 13.0 Å². The number of benzene rings is 5. The first-order chi connectivity index (χ1) is 20.5. The fraction of sp³-hybridized carbons (Fsp3) is 0.111.